The van der Waals surface area contributed by atoms with Gasteiger partial charge >= 0.3 is 0 Å². The Morgan fingerprint density at radius 1 is 1.32 bits per heavy atom. The quantitative estimate of drug-likeness (QED) is 0.245. The summed E-state index contributed by atoms with van der Waals surface area (Å²) in [5.41, 5.74) is 5.68. The minimum atomic E-state index is -0.207. The Morgan fingerprint density at radius 2 is 2.05 bits per heavy atom. The van der Waals surface area contributed by atoms with Crippen molar-refractivity contribution in [2.45, 2.75) is 70.8 Å². The number of nitrogens with zero attached hydrogens (tertiary/aromatic N) is 2. The van der Waals surface area contributed by atoms with Crippen molar-refractivity contribution in [2.24, 2.45) is 10.9 Å². The molecular weight excluding hydrogens is 242 g/mol. The van der Waals surface area contributed by atoms with E-state index in [2.05, 4.69) is 12.1 Å². The van der Waals surface area contributed by atoms with Gasteiger partial charge in [0.05, 0.1) is 6.04 Å². The Labute approximate surface area is 115 Å². The van der Waals surface area contributed by atoms with Gasteiger partial charge in [-0.25, -0.2) is 0 Å². The molecule has 19 heavy (non-hydrogen) atoms. The molecule has 0 spiro atoms. The third-order valence-electron chi connectivity index (χ3n) is 3.77. The molecule has 0 radical (unpaired) electrons. The van der Waals surface area contributed by atoms with Crippen LogP contribution in [0.3, 0.4) is 0 Å². The van der Waals surface area contributed by atoms with Crippen LogP contribution in [-0.2, 0) is 4.79 Å². The van der Waals surface area contributed by atoms with E-state index in [-0.39, 0.29) is 17.8 Å². The van der Waals surface area contributed by atoms with E-state index in [9.17, 15) is 4.79 Å². The topological polar surface area (TPSA) is 78.9 Å². The van der Waals surface area contributed by atoms with Gasteiger partial charge in [0.15, 0.2) is 5.84 Å². The molecule has 1 atom stereocenters. The van der Waals surface area contributed by atoms with Crippen LogP contribution in [0.15, 0.2) is 5.16 Å². The highest BCUT2D eigenvalue weighted by Gasteiger charge is 2.29. The van der Waals surface area contributed by atoms with Crippen molar-refractivity contribution in [2.75, 3.05) is 6.54 Å². The maximum Gasteiger partial charge on any atom is 0.223 e. The molecule has 5 heteroatoms. The second-order valence-electron chi connectivity index (χ2n) is 5.29. The fourth-order valence-corrected chi connectivity index (χ4v) is 2.63. The molecule has 1 fully saturated rings. The maximum absolute atomic E-state index is 12.2. The molecule has 1 aliphatic heterocycles. The molecule has 0 bridgehead atoms. The van der Waals surface area contributed by atoms with Gasteiger partial charge in [-0.1, -0.05) is 37.8 Å². The first kappa shape index (κ1) is 15.8. The lowest BCUT2D eigenvalue weighted by atomic mass is 10.00. The molecule has 110 valence electrons. The van der Waals surface area contributed by atoms with Gasteiger partial charge in [0.1, 0.15) is 0 Å². The zero-order valence-corrected chi connectivity index (χ0v) is 12.0. The van der Waals surface area contributed by atoms with Gasteiger partial charge in [-0.15, -0.1) is 0 Å². The van der Waals surface area contributed by atoms with Crippen molar-refractivity contribution >= 4 is 11.7 Å². The number of rotatable bonds is 7. The Balaban J connectivity index is 2.39. The predicted molar refractivity (Wildman–Crippen MR) is 76.1 cm³/mol. The molecule has 0 aromatic carbocycles. The minimum absolute atomic E-state index is 0.146. The highest BCUT2D eigenvalue weighted by atomic mass is 16.4. The van der Waals surface area contributed by atoms with Gasteiger partial charge in [-0.05, 0) is 25.7 Å². The molecule has 1 heterocycles. The highest BCUT2D eigenvalue weighted by Crippen LogP contribution is 2.19. The predicted octanol–water partition coefficient (Wildman–Crippen LogP) is 2.47. The number of piperidine rings is 1. The second-order valence-corrected chi connectivity index (χ2v) is 5.29. The highest BCUT2D eigenvalue weighted by molar-refractivity contribution is 5.90. The zero-order chi connectivity index (χ0) is 14.1. The SMILES string of the molecule is CCCCCCCC(=O)N1CCCCC1C(N)=NO. The van der Waals surface area contributed by atoms with Crippen LogP contribution in [0.2, 0.25) is 0 Å². The van der Waals surface area contributed by atoms with Crippen LogP contribution in [-0.4, -0.2) is 34.4 Å². The van der Waals surface area contributed by atoms with Crippen LogP contribution < -0.4 is 5.73 Å². The summed E-state index contributed by atoms with van der Waals surface area (Å²) >= 11 is 0. The number of amides is 1. The summed E-state index contributed by atoms with van der Waals surface area (Å²) in [5, 5.41) is 11.9. The molecule has 1 amide bonds. The summed E-state index contributed by atoms with van der Waals surface area (Å²) in [6, 6.07) is -0.207. The number of nitrogens with two attached hydrogens (primary N) is 1. The van der Waals surface area contributed by atoms with E-state index in [1.807, 2.05) is 0 Å². The molecule has 1 rings (SSSR count). The molecule has 0 saturated carbocycles. The Kier molecular flexibility index (Phi) is 7.30. The molecule has 1 aliphatic rings. The zero-order valence-electron chi connectivity index (χ0n) is 12.0. The van der Waals surface area contributed by atoms with E-state index >= 15 is 0 Å². The standard InChI is InChI=1S/C14H27N3O2/c1-2-3-4-5-6-10-13(18)17-11-8-7-9-12(17)14(15)16-19/h12,19H,2-11H2,1H3,(H2,15,16). The first-order valence-corrected chi connectivity index (χ1v) is 7.47. The molecule has 0 aromatic rings. The Bertz CT molecular complexity index is 305. The van der Waals surface area contributed by atoms with Gasteiger partial charge in [-0.2, -0.15) is 0 Å². The van der Waals surface area contributed by atoms with Crippen molar-refractivity contribution in [3.63, 3.8) is 0 Å². The third-order valence-corrected chi connectivity index (χ3v) is 3.77. The average molecular weight is 269 g/mol. The van der Waals surface area contributed by atoms with E-state index in [1.54, 1.807) is 4.90 Å². The van der Waals surface area contributed by atoms with Gasteiger partial charge in [0, 0.05) is 13.0 Å². The van der Waals surface area contributed by atoms with Gasteiger partial charge in [0.2, 0.25) is 5.91 Å². The summed E-state index contributed by atoms with van der Waals surface area (Å²) in [6.07, 6.45) is 9.14. The normalized spacial score (nSPS) is 20.6. The monoisotopic (exact) mass is 269 g/mol. The first-order valence-electron chi connectivity index (χ1n) is 7.47. The summed E-state index contributed by atoms with van der Waals surface area (Å²) < 4.78 is 0. The Hall–Kier alpha value is -1.26. The van der Waals surface area contributed by atoms with E-state index in [0.717, 1.165) is 38.6 Å². The van der Waals surface area contributed by atoms with Crippen LogP contribution in [0.5, 0.6) is 0 Å². The largest absolute Gasteiger partial charge is 0.409 e. The maximum atomic E-state index is 12.2. The van der Waals surface area contributed by atoms with Gasteiger partial charge in [-0.3, -0.25) is 4.79 Å². The van der Waals surface area contributed by atoms with E-state index in [4.69, 9.17) is 10.9 Å². The van der Waals surface area contributed by atoms with Crippen molar-refractivity contribution in [3.05, 3.63) is 0 Å². The average Bonchev–Trinajstić information content (AvgIpc) is 2.46. The van der Waals surface area contributed by atoms with Crippen molar-refractivity contribution in [1.82, 2.24) is 4.90 Å². The number of oxime groups is 1. The number of hydrogen-bond donors (Lipinski definition) is 2. The summed E-state index contributed by atoms with van der Waals surface area (Å²) in [4.78, 5) is 14.0. The lowest BCUT2D eigenvalue weighted by Gasteiger charge is -2.34. The smallest absolute Gasteiger partial charge is 0.223 e. The van der Waals surface area contributed by atoms with E-state index in [0.29, 0.717) is 6.42 Å². The van der Waals surface area contributed by atoms with Gasteiger partial charge < -0.3 is 15.8 Å². The number of unbranched alkanes of at least 4 members (excludes halogenated alkanes) is 4. The lowest BCUT2D eigenvalue weighted by molar-refractivity contribution is -0.133. The first-order chi connectivity index (χ1) is 9.20. The number of amidine groups is 1. The fourth-order valence-electron chi connectivity index (χ4n) is 2.63. The third kappa shape index (κ3) is 5.09. The molecule has 0 aromatic heterocycles. The van der Waals surface area contributed by atoms with Crippen molar-refractivity contribution < 1.29 is 10.0 Å². The summed E-state index contributed by atoms with van der Waals surface area (Å²) in [5.74, 6) is 0.312. The molecule has 1 unspecified atom stereocenters. The lowest BCUT2D eigenvalue weighted by Crippen LogP contribution is -2.50. The molecular formula is C14H27N3O2. The van der Waals surface area contributed by atoms with E-state index < -0.39 is 0 Å². The summed E-state index contributed by atoms with van der Waals surface area (Å²) in [7, 11) is 0. The van der Waals surface area contributed by atoms with Crippen LogP contribution in [0, 0.1) is 0 Å². The number of likely N-dealkylation sites (tertiary alicyclic amines) is 1. The minimum Gasteiger partial charge on any atom is -0.409 e. The molecule has 5 nitrogen and oxygen atoms in total. The van der Waals surface area contributed by atoms with Crippen LogP contribution in [0.25, 0.3) is 0 Å². The molecule has 0 aliphatic carbocycles. The second kappa shape index (κ2) is 8.77. The van der Waals surface area contributed by atoms with Crippen LogP contribution in [0.1, 0.15) is 64.7 Å². The van der Waals surface area contributed by atoms with Crippen LogP contribution in [0.4, 0.5) is 0 Å². The van der Waals surface area contributed by atoms with E-state index in [1.165, 1.54) is 19.3 Å². The van der Waals surface area contributed by atoms with Gasteiger partial charge in [0.25, 0.3) is 0 Å². The number of hydrogen-bond acceptors (Lipinski definition) is 3. The van der Waals surface area contributed by atoms with Crippen molar-refractivity contribution in [1.29, 1.82) is 0 Å². The summed E-state index contributed by atoms with van der Waals surface area (Å²) in [6.45, 7) is 2.91. The fraction of sp³-hybridized carbons (Fsp3) is 0.857. The number of carbonyl (C=O) groups is 1. The van der Waals surface area contributed by atoms with Crippen LogP contribution >= 0.6 is 0 Å². The molecule has 1 saturated heterocycles. The van der Waals surface area contributed by atoms with Crippen molar-refractivity contribution in [3.8, 4) is 0 Å². The number of carbonyl (C=O) groups excluding carboxylic acids is 1. The molecule has 3 N–H and O–H groups in total. The Morgan fingerprint density at radius 3 is 2.74 bits per heavy atom.